The van der Waals surface area contributed by atoms with Crippen molar-refractivity contribution in [2.45, 2.75) is 6.18 Å². The smallest absolute Gasteiger partial charge is 0.382 e. The topological polar surface area (TPSA) is 80.6 Å². The second-order valence-corrected chi connectivity index (χ2v) is 3.43. The van der Waals surface area contributed by atoms with E-state index in [1.165, 1.54) is 18.3 Å². The number of hydrogen-bond acceptors (Lipinski definition) is 3. The molecule has 2 rings (SSSR count). The van der Waals surface area contributed by atoms with Crippen molar-refractivity contribution >= 4 is 5.84 Å². The highest BCUT2D eigenvalue weighted by atomic mass is 19.4. The third-order valence-corrected chi connectivity index (χ3v) is 2.17. The van der Waals surface area contributed by atoms with Gasteiger partial charge < -0.3 is 5.73 Å². The summed E-state index contributed by atoms with van der Waals surface area (Å²) < 4.78 is 38.2. The minimum atomic E-state index is -4.51. The molecule has 0 bridgehead atoms. The number of nitrogen functional groups attached to an aromatic ring is 1. The van der Waals surface area contributed by atoms with Crippen molar-refractivity contribution in [2.75, 3.05) is 0 Å². The zero-order chi connectivity index (χ0) is 13.3. The van der Waals surface area contributed by atoms with Crippen LogP contribution in [0.25, 0.3) is 5.69 Å². The molecule has 18 heavy (non-hydrogen) atoms. The van der Waals surface area contributed by atoms with Gasteiger partial charge in [0.25, 0.3) is 0 Å². The van der Waals surface area contributed by atoms with Gasteiger partial charge in [-0.05, 0) is 18.2 Å². The Bertz CT molecular complexity index is 587. The molecule has 0 saturated carbocycles. The first-order chi connectivity index (χ1) is 8.39. The van der Waals surface area contributed by atoms with Gasteiger partial charge in [-0.2, -0.15) is 18.3 Å². The van der Waals surface area contributed by atoms with E-state index in [1.807, 2.05) is 0 Å². The molecule has 0 saturated heterocycles. The largest absolute Gasteiger partial charge is 0.435 e. The summed E-state index contributed by atoms with van der Waals surface area (Å²) in [6.45, 7) is 0. The van der Waals surface area contributed by atoms with E-state index < -0.39 is 11.9 Å². The first kappa shape index (κ1) is 12.1. The molecule has 0 aliphatic carbocycles. The van der Waals surface area contributed by atoms with Gasteiger partial charge in [0.15, 0.2) is 5.69 Å². The third kappa shape index (κ3) is 2.17. The van der Waals surface area contributed by atoms with Crippen LogP contribution in [0.15, 0.2) is 30.6 Å². The molecule has 8 heteroatoms. The van der Waals surface area contributed by atoms with Crippen molar-refractivity contribution in [3.63, 3.8) is 0 Å². The van der Waals surface area contributed by atoms with Crippen molar-refractivity contribution in [1.29, 1.82) is 5.41 Å². The molecule has 0 atom stereocenters. The van der Waals surface area contributed by atoms with E-state index in [2.05, 4.69) is 10.1 Å². The van der Waals surface area contributed by atoms with Gasteiger partial charge in [-0.3, -0.25) is 10.4 Å². The molecule has 5 nitrogen and oxygen atoms in total. The Balaban J connectivity index is 2.50. The Morgan fingerprint density at radius 2 is 2.06 bits per heavy atom. The minimum Gasteiger partial charge on any atom is -0.382 e. The van der Waals surface area contributed by atoms with Crippen LogP contribution in [-0.2, 0) is 6.18 Å². The second-order valence-electron chi connectivity index (χ2n) is 3.43. The van der Waals surface area contributed by atoms with E-state index in [1.54, 1.807) is 0 Å². The highest BCUT2D eigenvalue weighted by Gasteiger charge is 2.33. The fraction of sp³-hybridized carbons (Fsp3) is 0.100. The quantitative estimate of drug-likeness (QED) is 0.631. The van der Waals surface area contributed by atoms with E-state index in [0.29, 0.717) is 0 Å². The summed E-state index contributed by atoms with van der Waals surface area (Å²) >= 11 is 0. The molecule has 94 valence electrons. The number of alkyl halides is 3. The Kier molecular flexibility index (Phi) is 2.77. The maximum absolute atomic E-state index is 12.4. The average molecular weight is 255 g/mol. The molecule has 2 aromatic heterocycles. The number of nitrogens with two attached hydrogens (primary N) is 1. The predicted octanol–water partition coefficient (Wildman–Crippen LogP) is 1.57. The highest BCUT2D eigenvalue weighted by molar-refractivity contribution is 5.96. The first-order valence-electron chi connectivity index (χ1n) is 4.82. The molecule has 2 aromatic rings. The molecule has 0 fully saturated rings. The third-order valence-electron chi connectivity index (χ3n) is 2.17. The van der Waals surface area contributed by atoms with Gasteiger partial charge in [0.05, 0.1) is 5.69 Å². The predicted molar refractivity (Wildman–Crippen MR) is 57.4 cm³/mol. The van der Waals surface area contributed by atoms with Gasteiger partial charge in [-0.1, -0.05) is 0 Å². The van der Waals surface area contributed by atoms with Crippen LogP contribution < -0.4 is 5.73 Å². The lowest BCUT2D eigenvalue weighted by atomic mass is 10.3. The van der Waals surface area contributed by atoms with Crippen LogP contribution in [0.1, 0.15) is 11.4 Å². The molecular weight excluding hydrogens is 247 g/mol. The fourth-order valence-corrected chi connectivity index (χ4v) is 1.40. The number of aromatic nitrogens is 3. The van der Waals surface area contributed by atoms with Gasteiger partial charge in [-0.25, -0.2) is 4.68 Å². The lowest BCUT2D eigenvalue weighted by Crippen LogP contribution is -2.17. The molecule has 0 spiro atoms. The standard InChI is InChI=1S/C10H8F3N5/c11-10(12,13)7-3-5-18(17-7)6-2-1-4-16-8(6)9(14)15/h1-5H,(H3,14,15). The van der Waals surface area contributed by atoms with Crippen LogP contribution in [0.5, 0.6) is 0 Å². The maximum atomic E-state index is 12.4. The molecule has 0 aliphatic rings. The van der Waals surface area contributed by atoms with Crippen molar-refractivity contribution in [3.8, 4) is 5.69 Å². The SMILES string of the molecule is N=C(N)c1ncccc1-n1ccc(C(F)(F)F)n1. The van der Waals surface area contributed by atoms with Gasteiger partial charge in [0.2, 0.25) is 0 Å². The second kappa shape index (κ2) is 4.13. The van der Waals surface area contributed by atoms with Gasteiger partial charge in [0.1, 0.15) is 11.5 Å². The van der Waals surface area contributed by atoms with E-state index in [0.717, 1.165) is 16.9 Å². The zero-order valence-electron chi connectivity index (χ0n) is 8.94. The maximum Gasteiger partial charge on any atom is 0.435 e. The molecule has 3 N–H and O–H groups in total. The number of halogens is 3. The summed E-state index contributed by atoms with van der Waals surface area (Å²) in [7, 11) is 0. The summed E-state index contributed by atoms with van der Waals surface area (Å²) in [5.74, 6) is -0.338. The molecule has 0 aliphatic heterocycles. The van der Waals surface area contributed by atoms with E-state index in [-0.39, 0.29) is 17.2 Å². The monoisotopic (exact) mass is 255 g/mol. The first-order valence-corrected chi connectivity index (χ1v) is 4.82. The highest BCUT2D eigenvalue weighted by Crippen LogP contribution is 2.28. The van der Waals surface area contributed by atoms with Crippen LogP contribution in [0.3, 0.4) is 0 Å². The normalized spacial score (nSPS) is 11.5. The minimum absolute atomic E-state index is 0.0781. The van der Waals surface area contributed by atoms with Gasteiger partial charge >= 0.3 is 6.18 Å². The molecule has 0 radical (unpaired) electrons. The van der Waals surface area contributed by atoms with Crippen molar-refractivity contribution < 1.29 is 13.2 Å². The number of amidine groups is 1. The summed E-state index contributed by atoms with van der Waals surface area (Å²) in [6.07, 6.45) is -1.97. The number of nitrogens with one attached hydrogen (secondary N) is 1. The zero-order valence-corrected chi connectivity index (χ0v) is 8.94. The molecule has 0 unspecified atom stereocenters. The lowest BCUT2D eigenvalue weighted by molar-refractivity contribution is -0.141. The molecular formula is C10H8F3N5. The number of pyridine rings is 1. The Morgan fingerprint density at radius 3 is 2.61 bits per heavy atom. The lowest BCUT2D eigenvalue weighted by Gasteiger charge is -2.06. The Hall–Kier alpha value is -2.38. The summed E-state index contributed by atoms with van der Waals surface area (Å²) in [5.41, 5.74) is 4.59. The average Bonchev–Trinajstić information content (AvgIpc) is 2.77. The number of nitrogens with zero attached hydrogens (tertiary/aromatic N) is 3. The van der Waals surface area contributed by atoms with Crippen LogP contribution in [0.4, 0.5) is 13.2 Å². The van der Waals surface area contributed by atoms with Crippen LogP contribution >= 0.6 is 0 Å². The summed E-state index contributed by atoms with van der Waals surface area (Å²) in [5, 5.41) is 10.7. The number of hydrogen-bond donors (Lipinski definition) is 2. The van der Waals surface area contributed by atoms with E-state index in [4.69, 9.17) is 11.1 Å². The summed E-state index contributed by atoms with van der Waals surface area (Å²) in [4.78, 5) is 3.83. The Labute approximate surface area is 99.6 Å². The molecule has 0 aromatic carbocycles. The van der Waals surface area contributed by atoms with Gasteiger partial charge in [-0.15, -0.1) is 0 Å². The van der Waals surface area contributed by atoms with Crippen molar-refractivity contribution in [2.24, 2.45) is 5.73 Å². The van der Waals surface area contributed by atoms with Crippen molar-refractivity contribution in [3.05, 3.63) is 42.0 Å². The van der Waals surface area contributed by atoms with Crippen LogP contribution in [-0.4, -0.2) is 20.6 Å². The fourth-order valence-electron chi connectivity index (χ4n) is 1.40. The number of rotatable bonds is 2. The molecule has 2 heterocycles. The van der Waals surface area contributed by atoms with Gasteiger partial charge in [0, 0.05) is 12.4 Å². The van der Waals surface area contributed by atoms with Crippen LogP contribution in [0.2, 0.25) is 0 Å². The van der Waals surface area contributed by atoms with E-state index >= 15 is 0 Å². The Morgan fingerprint density at radius 1 is 1.33 bits per heavy atom. The van der Waals surface area contributed by atoms with Crippen molar-refractivity contribution in [1.82, 2.24) is 14.8 Å². The molecule has 0 amide bonds. The summed E-state index contributed by atoms with van der Waals surface area (Å²) in [6, 6.07) is 3.85. The van der Waals surface area contributed by atoms with Crippen LogP contribution in [0, 0.1) is 5.41 Å². The van der Waals surface area contributed by atoms with E-state index in [9.17, 15) is 13.2 Å².